The van der Waals surface area contributed by atoms with E-state index in [1.165, 1.54) is 12.1 Å². The monoisotopic (exact) mass is 512 g/mol. The first-order valence-corrected chi connectivity index (χ1v) is 12.3. The number of hydrogen-bond acceptors (Lipinski definition) is 9. The lowest BCUT2D eigenvalue weighted by molar-refractivity contribution is 0.425. The summed E-state index contributed by atoms with van der Waals surface area (Å²) >= 11 is 0. The van der Waals surface area contributed by atoms with Gasteiger partial charge >= 0.3 is 0 Å². The summed E-state index contributed by atoms with van der Waals surface area (Å²) in [4.78, 5) is 28.3. The van der Waals surface area contributed by atoms with Gasteiger partial charge in [0.2, 0.25) is 5.95 Å². The zero-order chi connectivity index (χ0) is 26.1. The van der Waals surface area contributed by atoms with Crippen molar-refractivity contribution < 1.29 is 8.91 Å². The van der Waals surface area contributed by atoms with Crippen molar-refractivity contribution in [2.75, 3.05) is 36.4 Å². The molecule has 0 unspecified atom stereocenters. The molecular weight excluding hydrogens is 487 g/mol. The Hall–Kier alpha value is -4.64. The van der Waals surface area contributed by atoms with Crippen LogP contribution in [-0.4, -0.2) is 50.9 Å². The molecule has 0 bridgehead atoms. The summed E-state index contributed by atoms with van der Waals surface area (Å²) in [5, 5.41) is 10.9. The van der Waals surface area contributed by atoms with Crippen molar-refractivity contribution in [1.29, 1.82) is 0 Å². The van der Waals surface area contributed by atoms with Gasteiger partial charge in [0.05, 0.1) is 12.2 Å². The summed E-state index contributed by atoms with van der Waals surface area (Å²) in [6.45, 7) is 5.14. The molecule has 4 heterocycles. The van der Waals surface area contributed by atoms with E-state index in [-0.39, 0.29) is 23.9 Å². The molecule has 38 heavy (non-hydrogen) atoms. The van der Waals surface area contributed by atoms with Crippen LogP contribution in [0.5, 0.6) is 0 Å². The minimum Gasteiger partial charge on any atom is -0.367 e. The van der Waals surface area contributed by atoms with Crippen LogP contribution in [0.4, 0.5) is 21.7 Å². The van der Waals surface area contributed by atoms with Gasteiger partial charge in [0.15, 0.2) is 5.82 Å². The third-order valence-electron chi connectivity index (χ3n) is 6.49. The third-order valence-corrected chi connectivity index (χ3v) is 6.49. The second kappa shape index (κ2) is 10.0. The Balaban J connectivity index is 1.32. The van der Waals surface area contributed by atoms with Gasteiger partial charge in [-0.15, -0.1) is 0 Å². The van der Waals surface area contributed by atoms with Gasteiger partial charge < -0.3 is 20.1 Å². The van der Waals surface area contributed by atoms with Gasteiger partial charge in [0.1, 0.15) is 11.5 Å². The van der Waals surface area contributed by atoms with E-state index in [2.05, 4.69) is 30.7 Å². The number of aromatic nitrogens is 5. The van der Waals surface area contributed by atoms with E-state index >= 15 is 0 Å². The summed E-state index contributed by atoms with van der Waals surface area (Å²) in [6.07, 6.45) is 1.64. The van der Waals surface area contributed by atoms with Gasteiger partial charge in [0, 0.05) is 55.1 Å². The number of piperazine rings is 1. The molecule has 1 fully saturated rings. The summed E-state index contributed by atoms with van der Waals surface area (Å²) in [7, 11) is 0. The van der Waals surface area contributed by atoms with Gasteiger partial charge in [-0.05, 0) is 42.8 Å². The second-order valence-corrected chi connectivity index (χ2v) is 9.06. The van der Waals surface area contributed by atoms with Crippen LogP contribution in [0.25, 0.3) is 22.5 Å². The highest BCUT2D eigenvalue weighted by atomic mass is 19.1. The standard InChI is InChI=1S/C27H25FN8O2/c1-17-31-26(38-34-17)21-5-3-2-4-19(21)16-36-24(37)9-6-18-15-30-27(33-25(18)36)32-20-7-8-23(22(28)14-20)35-12-10-29-11-13-35/h2-9,14-15,29H,10-13,16H2,1H3,(H,30,32,33). The Morgan fingerprint density at radius 1 is 1.08 bits per heavy atom. The van der Waals surface area contributed by atoms with Gasteiger partial charge in [-0.2, -0.15) is 9.97 Å². The van der Waals surface area contributed by atoms with Crippen molar-refractivity contribution in [3.05, 3.63) is 88.4 Å². The first-order valence-electron chi connectivity index (χ1n) is 12.3. The van der Waals surface area contributed by atoms with Gasteiger partial charge in [-0.1, -0.05) is 23.4 Å². The maximum Gasteiger partial charge on any atom is 0.258 e. The number of aryl methyl sites for hydroxylation is 1. The number of fused-ring (bicyclic) bond motifs is 1. The van der Waals surface area contributed by atoms with E-state index in [1.54, 1.807) is 35.9 Å². The molecule has 6 rings (SSSR count). The van der Waals surface area contributed by atoms with Crippen LogP contribution in [0, 0.1) is 12.7 Å². The van der Waals surface area contributed by atoms with Crippen LogP contribution in [0.3, 0.4) is 0 Å². The highest BCUT2D eigenvalue weighted by molar-refractivity contribution is 5.76. The SMILES string of the molecule is Cc1noc(-c2ccccc2Cn2c(=O)ccc3cnc(Nc4ccc(N5CCNCC5)c(F)c4)nc32)n1. The van der Waals surface area contributed by atoms with Crippen LogP contribution < -0.4 is 21.1 Å². The molecule has 10 nitrogen and oxygen atoms in total. The molecular formula is C27H25FN8O2. The van der Waals surface area contributed by atoms with E-state index in [0.717, 1.165) is 37.3 Å². The van der Waals surface area contributed by atoms with E-state index in [1.807, 2.05) is 29.2 Å². The van der Waals surface area contributed by atoms with Crippen molar-refractivity contribution in [1.82, 2.24) is 30.0 Å². The molecule has 0 radical (unpaired) electrons. The number of nitrogens with zero attached hydrogens (tertiary/aromatic N) is 6. The van der Waals surface area contributed by atoms with Crippen molar-refractivity contribution in [2.24, 2.45) is 0 Å². The zero-order valence-electron chi connectivity index (χ0n) is 20.7. The zero-order valence-corrected chi connectivity index (χ0v) is 20.7. The largest absolute Gasteiger partial charge is 0.367 e. The molecule has 1 aliphatic heterocycles. The fourth-order valence-corrected chi connectivity index (χ4v) is 4.60. The number of hydrogen-bond donors (Lipinski definition) is 2. The minimum absolute atomic E-state index is 0.218. The molecule has 0 spiro atoms. The molecule has 5 aromatic rings. The van der Waals surface area contributed by atoms with Crippen LogP contribution >= 0.6 is 0 Å². The molecule has 11 heteroatoms. The molecule has 0 saturated carbocycles. The summed E-state index contributed by atoms with van der Waals surface area (Å²) in [6, 6.07) is 15.7. The van der Waals surface area contributed by atoms with Gasteiger partial charge in [0.25, 0.3) is 11.4 Å². The number of anilines is 3. The minimum atomic E-state index is -0.317. The third kappa shape index (κ3) is 4.71. The first-order chi connectivity index (χ1) is 18.5. The van der Waals surface area contributed by atoms with Crippen LogP contribution in [0.15, 0.2) is 70.1 Å². The molecule has 1 aliphatic rings. The van der Waals surface area contributed by atoms with Gasteiger partial charge in [-0.25, -0.2) is 9.37 Å². The smallest absolute Gasteiger partial charge is 0.258 e. The number of halogens is 1. The number of pyridine rings is 1. The normalized spacial score (nSPS) is 13.7. The molecule has 2 N–H and O–H groups in total. The van der Waals surface area contributed by atoms with Crippen LogP contribution in [0.2, 0.25) is 0 Å². The average Bonchev–Trinajstić information content (AvgIpc) is 3.37. The number of benzene rings is 2. The van der Waals surface area contributed by atoms with E-state index in [0.29, 0.717) is 34.1 Å². The van der Waals surface area contributed by atoms with E-state index in [9.17, 15) is 9.18 Å². The molecule has 0 aliphatic carbocycles. The lowest BCUT2D eigenvalue weighted by atomic mass is 10.1. The molecule has 0 atom stereocenters. The number of rotatable bonds is 6. The Morgan fingerprint density at radius 2 is 1.92 bits per heavy atom. The quantitative estimate of drug-likeness (QED) is 0.353. The molecule has 0 amide bonds. The topological polar surface area (TPSA) is 114 Å². The Morgan fingerprint density at radius 3 is 2.71 bits per heavy atom. The fraction of sp³-hybridized carbons (Fsp3) is 0.222. The summed E-state index contributed by atoms with van der Waals surface area (Å²) in [5.74, 6) is 0.849. The predicted molar refractivity (Wildman–Crippen MR) is 142 cm³/mol. The Bertz CT molecular complexity index is 1680. The van der Waals surface area contributed by atoms with E-state index in [4.69, 9.17) is 4.52 Å². The predicted octanol–water partition coefficient (Wildman–Crippen LogP) is 3.49. The average molecular weight is 513 g/mol. The molecule has 1 saturated heterocycles. The maximum absolute atomic E-state index is 14.9. The van der Waals surface area contributed by atoms with Crippen molar-refractivity contribution in [3.8, 4) is 11.5 Å². The van der Waals surface area contributed by atoms with Crippen LogP contribution in [-0.2, 0) is 6.54 Å². The molecule has 3 aromatic heterocycles. The molecule has 2 aromatic carbocycles. The summed E-state index contributed by atoms with van der Waals surface area (Å²) < 4.78 is 21.9. The lowest BCUT2D eigenvalue weighted by Crippen LogP contribution is -2.43. The maximum atomic E-state index is 14.9. The van der Waals surface area contributed by atoms with Crippen molar-refractivity contribution >= 4 is 28.4 Å². The van der Waals surface area contributed by atoms with Crippen LogP contribution in [0.1, 0.15) is 11.4 Å². The highest BCUT2D eigenvalue weighted by Gasteiger charge is 2.16. The fourth-order valence-electron chi connectivity index (χ4n) is 4.60. The van der Waals surface area contributed by atoms with Crippen molar-refractivity contribution in [3.63, 3.8) is 0 Å². The Labute approximate surface area is 217 Å². The summed E-state index contributed by atoms with van der Waals surface area (Å²) in [5.41, 5.74) is 2.88. The van der Waals surface area contributed by atoms with Crippen molar-refractivity contribution in [2.45, 2.75) is 13.5 Å². The van der Waals surface area contributed by atoms with E-state index < -0.39 is 0 Å². The Kier molecular flexibility index (Phi) is 6.26. The molecule has 192 valence electrons. The van der Waals surface area contributed by atoms with Gasteiger partial charge in [-0.3, -0.25) is 9.36 Å². The number of nitrogens with one attached hydrogen (secondary N) is 2. The first kappa shape index (κ1) is 23.7. The highest BCUT2D eigenvalue weighted by Crippen LogP contribution is 2.26. The lowest BCUT2D eigenvalue weighted by Gasteiger charge is -2.29. The second-order valence-electron chi connectivity index (χ2n) is 9.06.